The Bertz CT molecular complexity index is 1110. The van der Waals surface area contributed by atoms with Crippen LogP contribution in [0.1, 0.15) is 33.2 Å². The van der Waals surface area contributed by atoms with E-state index in [-0.39, 0.29) is 23.7 Å². The van der Waals surface area contributed by atoms with Crippen LogP contribution in [0.15, 0.2) is 66.7 Å². The van der Waals surface area contributed by atoms with Crippen LogP contribution in [0.5, 0.6) is 5.75 Å². The Labute approximate surface area is 176 Å². The molecule has 7 heteroatoms. The fourth-order valence-corrected chi connectivity index (χ4v) is 3.96. The second kappa shape index (κ2) is 8.07. The van der Waals surface area contributed by atoms with Gasteiger partial charge in [0.2, 0.25) is 0 Å². The largest absolute Gasteiger partial charge is 0.493 e. The first-order chi connectivity index (χ1) is 14.8. The first kappa shape index (κ1) is 20.9. The number of benzene rings is 3. The van der Waals surface area contributed by atoms with E-state index >= 15 is 0 Å². The van der Waals surface area contributed by atoms with Crippen LogP contribution < -0.4 is 4.74 Å². The third kappa shape index (κ3) is 4.14. The van der Waals surface area contributed by atoms with E-state index in [1.807, 2.05) is 30.3 Å². The summed E-state index contributed by atoms with van der Waals surface area (Å²) in [5.74, 6) is -1.50. The average Bonchev–Trinajstić information content (AvgIpc) is 2.75. The van der Waals surface area contributed by atoms with Gasteiger partial charge in [-0.3, -0.25) is 0 Å². The predicted octanol–water partition coefficient (Wildman–Crippen LogP) is 5.36. The van der Waals surface area contributed by atoms with Crippen molar-refractivity contribution >= 4 is 5.97 Å². The molecule has 4 rings (SSSR count). The summed E-state index contributed by atoms with van der Waals surface area (Å²) < 4.78 is 45.8. The van der Waals surface area contributed by atoms with Gasteiger partial charge in [-0.2, -0.15) is 13.2 Å². The molecule has 0 aliphatic carbocycles. The number of carboxylic acids is 1. The van der Waals surface area contributed by atoms with Gasteiger partial charge in [-0.25, -0.2) is 4.79 Å². The van der Waals surface area contributed by atoms with E-state index in [1.165, 1.54) is 24.3 Å². The van der Waals surface area contributed by atoms with Crippen molar-refractivity contribution in [3.8, 4) is 16.9 Å². The van der Waals surface area contributed by atoms with E-state index in [0.717, 1.165) is 11.6 Å². The molecule has 0 aromatic heterocycles. The number of fused-ring (bicyclic) bond motifs is 1. The van der Waals surface area contributed by atoms with E-state index in [4.69, 9.17) is 4.74 Å². The van der Waals surface area contributed by atoms with Crippen LogP contribution in [0, 0.1) is 5.92 Å². The maximum absolute atomic E-state index is 13.3. The van der Waals surface area contributed by atoms with Crippen LogP contribution in [-0.2, 0) is 12.6 Å². The highest BCUT2D eigenvalue weighted by Gasteiger charge is 2.37. The predicted molar refractivity (Wildman–Crippen MR) is 108 cm³/mol. The Balaban J connectivity index is 1.69. The van der Waals surface area contributed by atoms with Gasteiger partial charge in [-0.05, 0) is 35.2 Å². The number of alkyl halides is 3. The zero-order chi connectivity index (χ0) is 22.2. The lowest BCUT2D eigenvalue weighted by Crippen LogP contribution is -2.27. The van der Waals surface area contributed by atoms with Crippen LogP contribution in [0.3, 0.4) is 0 Å². The van der Waals surface area contributed by atoms with Crippen molar-refractivity contribution in [3.63, 3.8) is 0 Å². The molecule has 0 saturated carbocycles. The first-order valence-electron chi connectivity index (χ1n) is 9.68. The Morgan fingerprint density at radius 1 is 1.03 bits per heavy atom. The molecule has 3 aromatic rings. The summed E-state index contributed by atoms with van der Waals surface area (Å²) in [5.41, 5.74) is -0.219. The summed E-state index contributed by atoms with van der Waals surface area (Å²) in [7, 11) is 0. The third-order valence-electron chi connectivity index (χ3n) is 5.47. The lowest BCUT2D eigenvalue weighted by atomic mass is 9.86. The molecule has 31 heavy (non-hydrogen) atoms. The van der Waals surface area contributed by atoms with Crippen LogP contribution in [-0.4, -0.2) is 22.8 Å². The smallest absolute Gasteiger partial charge is 0.417 e. The van der Waals surface area contributed by atoms with Gasteiger partial charge in [0.05, 0.1) is 23.8 Å². The molecule has 1 aliphatic heterocycles. The Morgan fingerprint density at radius 2 is 1.77 bits per heavy atom. The van der Waals surface area contributed by atoms with E-state index < -0.39 is 29.4 Å². The summed E-state index contributed by atoms with van der Waals surface area (Å²) in [4.78, 5) is 11.6. The zero-order valence-electron chi connectivity index (χ0n) is 16.3. The van der Waals surface area contributed by atoms with E-state index in [0.29, 0.717) is 17.7 Å². The molecule has 160 valence electrons. The van der Waals surface area contributed by atoms with Gasteiger partial charge in [-0.1, -0.05) is 54.6 Å². The SMILES string of the molecule is O=C(O)c1c(-c2ccc3c(c2)OC[C@H](Cc2ccccc2)[C@H]3O)cccc1C(F)(F)F. The first-order valence-corrected chi connectivity index (χ1v) is 9.68. The highest BCUT2D eigenvalue weighted by atomic mass is 19.4. The molecule has 1 heterocycles. The van der Waals surface area contributed by atoms with Crippen molar-refractivity contribution in [2.75, 3.05) is 6.61 Å². The number of hydrogen-bond acceptors (Lipinski definition) is 3. The molecule has 0 spiro atoms. The Hall–Kier alpha value is -3.32. The maximum atomic E-state index is 13.3. The van der Waals surface area contributed by atoms with Crippen molar-refractivity contribution in [1.82, 2.24) is 0 Å². The number of aliphatic hydroxyl groups is 1. The fourth-order valence-electron chi connectivity index (χ4n) is 3.96. The highest BCUT2D eigenvalue weighted by Crippen LogP contribution is 2.41. The molecule has 0 unspecified atom stereocenters. The van der Waals surface area contributed by atoms with Gasteiger partial charge in [0.15, 0.2) is 0 Å². The minimum atomic E-state index is -4.80. The van der Waals surface area contributed by atoms with E-state index in [9.17, 15) is 28.2 Å². The number of rotatable bonds is 4. The van der Waals surface area contributed by atoms with Crippen molar-refractivity contribution in [2.45, 2.75) is 18.7 Å². The molecule has 1 aliphatic rings. The molecule has 3 aromatic carbocycles. The number of aliphatic hydroxyl groups excluding tert-OH is 1. The van der Waals surface area contributed by atoms with Gasteiger partial charge in [0.25, 0.3) is 0 Å². The lowest BCUT2D eigenvalue weighted by molar-refractivity contribution is -0.138. The van der Waals surface area contributed by atoms with Crippen LogP contribution in [0.4, 0.5) is 13.2 Å². The molecule has 2 N–H and O–H groups in total. The minimum Gasteiger partial charge on any atom is -0.493 e. The second-order valence-electron chi connectivity index (χ2n) is 7.49. The van der Waals surface area contributed by atoms with E-state index in [1.54, 1.807) is 6.07 Å². The summed E-state index contributed by atoms with van der Waals surface area (Å²) >= 11 is 0. The lowest BCUT2D eigenvalue weighted by Gasteiger charge is -2.31. The molecule has 0 saturated heterocycles. The van der Waals surface area contributed by atoms with Crippen molar-refractivity contribution in [1.29, 1.82) is 0 Å². The summed E-state index contributed by atoms with van der Waals surface area (Å²) in [6.07, 6.45) is -4.99. The third-order valence-corrected chi connectivity index (χ3v) is 5.47. The molecular weight excluding hydrogens is 409 g/mol. The quantitative estimate of drug-likeness (QED) is 0.588. The van der Waals surface area contributed by atoms with Crippen LogP contribution in [0.2, 0.25) is 0 Å². The van der Waals surface area contributed by atoms with Crippen molar-refractivity contribution < 1.29 is 32.9 Å². The van der Waals surface area contributed by atoms with Crippen LogP contribution in [0.25, 0.3) is 11.1 Å². The normalized spacial score (nSPS) is 18.2. The van der Waals surface area contributed by atoms with Gasteiger partial charge in [0.1, 0.15) is 5.75 Å². The maximum Gasteiger partial charge on any atom is 0.417 e. The number of ether oxygens (including phenoxy) is 1. The summed E-state index contributed by atoms with van der Waals surface area (Å²) in [5, 5.41) is 20.3. The number of halogens is 3. The van der Waals surface area contributed by atoms with Crippen LogP contribution >= 0.6 is 0 Å². The minimum absolute atomic E-state index is 0.0605. The van der Waals surface area contributed by atoms with Crippen molar-refractivity contribution in [3.05, 3.63) is 89.0 Å². The summed E-state index contributed by atoms with van der Waals surface area (Å²) in [6.45, 7) is 0.237. The molecule has 0 fully saturated rings. The number of carboxylic acid groups (broad SMARTS) is 1. The average molecular weight is 428 g/mol. The zero-order valence-corrected chi connectivity index (χ0v) is 16.3. The van der Waals surface area contributed by atoms with Gasteiger partial charge >= 0.3 is 12.1 Å². The Morgan fingerprint density at radius 3 is 2.45 bits per heavy atom. The fraction of sp³-hybridized carbons (Fsp3) is 0.208. The number of carbonyl (C=O) groups is 1. The Kier molecular flexibility index (Phi) is 5.45. The monoisotopic (exact) mass is 428 g/mol. The highest BCUT2D eigenvalue weighted by molar-refractivity contribution is 5.98. The van der Waals surface area contributed by atoms with Crippen molar-refractivity contribution in [2.24, 2.45) is 5.92 Å². The molecule has 0 bridgehead atoms. The van der Waals surface area contributed by atoms with E-state index in [2.05, 4.69) is 0 Å². The van der Waals surface area contributed by atoms with Gasteiger partial charge < -0.3 is 14.9 Å². The van der Waals surface area contributed by atoms with Gasteiger partial charge in [-0.15, -0.1) is 0 Å². The molecule has 2 atom stereocenters. The molecule has 4 nitrogen and oxygen atoms in total. The molecule has 0 radical (unpaired) electrons. The standard InChI is InChI=1S/C24H19F3O4/c25-24(26,27)19-8-4-7-17(21(19)23(29)30)15-9-10-18-20(12-15)31-13-16(22(18)28)11-14-5-2-1-3-6-14/h1-10,12,16,22,28H,11,13H2,(H,29,30)/t16-,22+/m0/s1. The second-order valence-corrected chi connectivity index (χ2v) is 7.49. The van der Waals surface area contributed by atoms with Gasteiger partial charge in [0, 0.05) is 11.5 Å². The summed E-state index contributed by atoms with van der Waals surface area (Å²) in [6, 6.07) is 17.5. The topological polar surface area (TPSA) is 66.8 Å². The number of hydrogen-bond donors (Lipinski definition) is 2. The molecule has 0 amide bonds. The molecular formula is C24H19F3O4. The number of aromatic carboxylic acids is 1.